The first kappa shape index (κ1) is 14.3. The van der Waals surface area contributed by atoms with Gasteiger partial charge in [0.05, 0.1) is 13.2 Å². The van der Waals surface area contributed by atoms with Gasteiger partial charge in [-0.05, 0) is 37.8 Å². The second kappa shape index (κ2) is 6.34. The second-order valence-electron chi connectivity index (χ2n) is 5.43. The third-order valence-corrected chi connectivity index (χ3v) is 4.16. The van der Waals surface area contributed by atoms with Gasteiger partial charge in [0.15, 0.2) is 0 Å². The maximum absolute atomic E-state index is 12.0. The van der Waals surface area contributed by atoms with E-state index in [4.69, 9.17) is 4.74 Å². The van der Waals surface area contributed by atoms with E-state index in [1.54, 1.807) is 7.11 Å². The quantitative estimate of drug-likeness (QED) is 0.555. The Morgan fingerprint density at radius 2 is 2.05 bits per heavy atom. The number of rotatable bonds is 6. The van der Waals surface area contributed by atoms with Crippen molar-refractivity contribution >= 4 is 11.8 Å². The van der Waals surface area contributed by atoms with E-state index < -0.39 is 0 Å². The number of hydrogen-bond donors (Lipinski definition) is 3. The van der Waals surface area contributed by atoms with E-state index in [1.807, 2.05) is 0 Å². The van der Waals surface area contributed by atoms with Crippen molar-refractivity contribution < 1.29 is 14.3 Å². The molecular formula is C13H23N3O3. The molecule has 6 heteroatoms. The van der Waals surface area contributed by atoms with Crippen molar-refractivity contribution in [1.82, 2.24) is 16.0 Å². The summed E-state index contributed by atoms with van der Waals surface area (Å²) in [6.45, 7) is 3.03. The van der Waals surface area contributed by atoms with Gasteiger partial charge in [0.1, 0.15) is 0 Å². The number of amides is 2. The van der Waals surface area contributed by atoms with Crippen LogP contribution in [0.1, 0.15) is 19.3 Å². The molecule has 1 atom stereocenters. The summed E-state index contributed by atoms with van der Waals surface area (Å²) in [5.41, 5.74) is 0.224. The van der Waals surface area contributed by atoms with E-state index in [0.29, 0.717) is 13.2 Å². The summed E-state index contributed by atoms with van der Waals surface area (Å²) < 4.78 is 4.83. The molecule has 108 valence electrons. The van der Waals surface area contributed by atoms with Crippen LogP contribution in [0.2, 0.25) is 0 Å². The molecule has 2 rings (SSSR count). The molecule has 1 saturated heterocycles. The first-order valence-electron chi connectivity index (χ1n) is 6.92. The highest BCUT2D eigenvalue weighted by Gasteiger charge is 2.57. The summed E-state index contributed by atoms with van der Waals surface area (Å²) >= 11 is 0. The highest BCUT2D eigenvalue weighted by molar-refractivity contribution is 5.87. The molecular weight excluding hydrogens is 246 g/mol. The number of carbonyl (C=O) groups excluding carboxylic acids is 2. The fourth-order valence-corrected chi connectivity index (χ4v) is 2.84. The van der Waals surface area contributed by atoms with Crippen LogP contribution < -0.4 is 16.0 Å². The summed E-state index contributed by atoms with van der Waals surface area (Å²) in [4.78, 5) is 23.4. The number of hydrogen-bond acceptors (Lipinski definition) is 4. The highest BCUT2D eigenvalue weighted by Crippen LogP contribution is 2.58. The van der Waals surface area contributed by atoms with Crippen molar-refractivity contribution in [2.24, 2.45) is 11.3 Å². The molecule has 3 N–H and O–H groups in total. The molecule has 6 nitrogen and oxygen atoms in total. The van der Waals surface area contributed by atoms with Gasteiger partial charge in [0, 0.05) is 19.6 Å². The second-order valence-corrected chi connectivity index (χ2v) is 5.43. The first-order valence-corrected chi connectivity index (χ1v) is 6.92. The van der Waals surface area contributed by atoms with Crippen LogP contribution in [-0.4, -0.2) is 51.7 Å². The van der Waals surface area contributed by atoms with Gasteiger partial charge in [-0.25, -0.2) is 0 Å². The Kier molecular flexibility index (Phi) is 4.76. The van der Waals surface area contributed by atoms with Crippen LogP contribution in [0.25, 0.3) is 0 Å². The minimum atomic E-state index is -0.162. The Balaban J connectivity index is 1.64. The summed E-state index contributed by atoms with van der Waals surface area (Å²) in [5, 5.41) is 8.72. The van der Waals surface area contributed by atoms with Gasteiger partial charge in [-0.2, -0.15) is 0 Å². The zero-order valence-electron chi connectivity index (χ0n) is 11.5. The third-order valence-electron chi connectivity index (χ3n) is 4.16. The fourth-order valence-electron chi connectivity index (χ4n) is 2.84. The maximum Gasteiger partial charge on any atom is 0.239 e. The van der Waals surface area contributed by atoms with Crippen molar-refractivity contribution in [3.8, 4) is 0 Å². The molecule has 2 aliphatic rings. The topological polar surface area (TPSA) is 79.5 Å². The minimum absolute atomic E-state index is 0.0313. The Labute approximate surface area is 113 Å². The molecule has 1 aliphatic carbocycles. The Hall–Kier alpha value is -1.14. The lowest BCUT2D eigenvalue weighted by Gasteiger charge is -2.23. The van der Waals surface area contributed by atoms with Gasteiger partial charge in [0.25, 0.3) is 0 Å². The Morgan fingerprint density at radius 3 is 2.74 bits per heavy atom. The Bertz CT molecular complexity index is 340. The zero-order chi connectivity index (χ0) is 13.7. The number of piperidine rings is 1. The fraction of sp³-hybridized carbons (Fsp3) is 0.846. The molecule has 1 heterocycles. The summed E-state index contributed by atoms with van der Waals surface area (Å²) in [7, 11) is 1.58. The van der Waals surface area contributed by atoms with Crippen molar-refractivity contribution in [2.45, 2.75) is 19.3 Å². The molecule has 1 saturated carbocycles. The van der Waals surface area contributed by atoms with Crippen LogP contribution in [0.15, 0.2) is 0 Å². The minimum Gasteiger partial charge on any atom is -0.383 e. The van der Waals surface area contributed by atoms with Gasteiger partial charge in [0.2, 0.25) is 11.8 Å². The average molecular weight is 269 g/mol. The van der Waals surface area contributed by atoms with E-state index >= 15 is 0 Å². The summed E-state index contributed by atoms with van der Waals surface area (Å²) in [5.74, 6) is -0.0180. The van der Waals surface area contributed by atoms with E-state index in [0.717, 1.165) is 32.4 Å². The van der Waals surface area contributed by atoms with E-state index in [1.165, 1.54) is 0 Å². The SMILES string of the molecule is COCCNC(=O)CNC(=O)C1CC12CCNCC2. The number of carbonyl (C=O) groups is 2. The van der Waals surface area contributed by atoms with E-state index in [9.17, 15) is 9.59 Å². The molecule has 2 fully saturated rings. The molecule has 2 amide bonds. The lowest BCUT2D eigenvalue weighted by Crippen LogP contribution is -2.40. The molecule has 0 aromatic rings. The standard InChI is InChI=1S/C13H23N3O3/c1-19-7-6-15-11(17)9-16-12(18)10-8-13(10)2-4-14-5-3-13/h10,14H,2-9H2,1H3,(H,15,17)(H,16,18). The van der Waals surface area contributed by atoms with Gasteiger partial charge < -0.3 is 20.7 Å². The first-order chi connectivity index (χ1) is 9.18. The number of ether oxygens (including phenoxy) is 1. The largest absolute Gasteiger partial charge is 0.383 e. The monoisotopic (exact) mass is 269 g/mol. The van der Waals surface area contributed by atoms with Crippen molar-refractivity contribution in [3.05, 3.63) is 0 Å². The Morgan fingerprint density at radius 1 is 1.32 bits per heavy atom. The predicted molar refractivity (Wildman–Crippen MR) is 70.5 cm³/mol. The molecule has 19 heavy (non-hydrogen) atoms. The van der Waals surface area contributed by atoms with Crippen LogP contribution >= 0.6 is 0 Å². The van der Waals surface area contributed by atoms with Gasteiger partial charge in [-0.1, -0.05) is 0 Å². The lowest BCUT2D eigenvalue weighted by atomic mass is 9.92. The summed E-state index contributed by atoms with van der Waals surface area (Å²) in [6, 6.07) is 0. The predicted octanol–water partition coefficient (Wildman–Crippen LogP) is -0.745. The molecule has 0 radical (unpaired) electrons. The van der Waals surface area contributed by atoms with Crippen molar-refractivity contribution in [1.29, 1.82) is 0 Å². The van der Waals surface area contributed by atoms with Gasteiger partial charge in [-0.15, -0.1) is 0 Å². The number of methoxy groups -OCH3 is 1. The highest BCUT2D eigenvalue weighted by atomic mass is 16.5. The summed E-state index contributed by atoms with van der Waals surface area (Å²) in [6.07, 6.45) is 3.13. The average Bonchev–Trinajstić information content (AvgIpc) is 3.11. The van der Waals surface area contributed by atoms with Crippen molar-refractivity contribution in [3.63, 3.8) is 0 Å². The molecule has 1 unspecified atom stereocenters. The van der Waals surface area contributed by atoms with Crippen molar-refractivity contribution in [2.75, 3.05) is 39.9 Å². The van der Waals surface area contributed by atoms with Gasteiger partial charge in [-0.3, -0.25) is 9.59 Å². The molecule has 0 aromatic heterocycles. The van der Waals surface area contributed by atoms with Crippen LogP contribution in [0.4, 0.5) is 0 Å². The lowest BCUT2D eigenvalue weighted by molar-refractivity contribution is -0.127. The normalized spacial score (nSPS) is 23.9. The smallest absolute Gasteiger partial charge is 0.239 e. The van der Waals surface area contributed by atoms with Crippen LogP contribution in [0.5, 0.6) is 0 Å². The molecule has 0 aromatic carbocycles. The zero-order valence-corrected chi connectivity index (χ0v) is 11.5. The molecule has 0 bridgehead atoms. The van der Waals surface area contributed by atoms with E-state index in [-0.39, 0.29) is 29.7 Å². The van der Waals surface area contributed by atoms with E-state index in [2.05, 4.69) is 16.0 Å². The van der Waals surface area contributed by atoms with Crippen LogP contribution in [0.3, 0.4) is 0 Å². The van der Waals surface area contributed by atoms with Crippen LogP contribution in [-0.2, 0) is 14.3 Å². The molecule has 1 aliphatic heterocycles. The maximum atomic E-state index is 12.0. The number of nitrogens with one attached hydrogen (secondary N) is 3. The van der Waals surface area contributed by atoms with Gasteiger partial charge >= 0.3 is 0 Å². The molecule has 1 spiro atoms. The third kappa shape index (κ3) is 3.67. The van der Waals surface area contributed by atoms with Crippen LogP contribution in [0, 0.1) is 11.3 Å².